The molecule has 0 amide bonds. The fourth-order valence-electron chi connectivity index (χ4n) is 2.62. The summed E-state index contributed by atoms with van der Waals surface area (Å²) in [6.45, 7) is 0. The Morgan fingerprint density at radius 3 is 2.58 bits per heavy atom. The largest absolute Gasteiger partial charge is 0.497 e. The molecule has 2 heteroatoms. The van der Waals surface area contributed by atoms with Gasteiger partial charge in [-0.25, -0.2) is 0 Å². The van der Waals surface area contributed by atoms with Gasteiger partial charge in [0.05, 0.1) is 7.11 Å². The highest BCUT2D eigenvalue weighted by atomic mass is 32.1. The van der Waals surface area contributed by atoms with Gasteiger partial charge < -0.3 is 4.74 Å². The standard InChI is InChI=1S/C17H12OS/c1-18-12-7-9-13-11(10-12)6-8-15-14-4-2-3-5-16(14)19-17(13)15/h2-10H,1H3. The first kappa shape index (κ1) is 10.8. The highest BCUT2D eigenvalue weighted by Gasteiger charge is 2.08. The second kappa shape index (κ2) is 3.97. The smallest absolute Gasteiger partial charge is 0.119 e. The molecule has 0 saturated carbocycles. The molecular weight excluding hydrogens is 252 g/mol. The van der Waals surface area contributed by atoms with E-state index in [1.54, 1.807) is 7.11 Å². The van der Waals surface area contributed by atoms with E-state index < -0.39 is 0 Å². The molecule has 0 fully saturated rings. The van der Waals surface area contributed by atoms with Crippen molar-refractivity contribution in [1.82, 2.24) is 0 Å². The Hall–Kier alpha value is -2.06. The van der Waals surface area contributed by atoms with Crippen LogP contribution in [0.2, 0.25) is 0 Å². The van der Waals surface area contributed by atoms with Gasteiger partial charge in [-0.2, -0.15) is 0 Å². The number of methoxy groups -OCH3 is 1. The number of thiophene rings is 1. The zero-order valence-corrected chi connectivity index (χ0v) is 11.3. The van der Waals surface area contributed by atoms with Gasteiger partial charge in [0.2, 0.25) is 0 Å². The van der Waals surface area contributed by atoms with Crippen molar-refractivity contribution in [2.24, 2.45) is 0 Å². The van der Waals surface area contributed by atoms with Gasteiger partial charge in [-0.3, -0.25) is 0 Å². The minimum absolute atomic E-state index is 0.910. The lowest BCUT2D eigenvalue weighted by atomic mass is 10.1. The molecule has 0 aliphatic heterocycles. The molecule has 4 aromatic rings. The monoisotopic (exact) mass is 264 g/mol. The second-order valence-corrected chi connectivity index (χ2v) is 5.68. The van der Waals surface area contributed by atoms with E-state index in [4.69, 9.17) is 4.74 Å². The SMILES string of the molecule is COc1ccc2c(ccc3c4ccccc4sc23)c1. The van der Waals surface area contributed by atoms with Crippen molar-refractivity contribution in [3.8, 4) is 5.75 Å². The molecule has 92 valence electrons. The van der Waals surface area contributed by atoms with Gasteiger partial charge in [-0.05, 0) is 35.0 Å². The molecule has 0 spiro atoms. The lowest BCUT2D eigenvalue weighted by Crippen LogP contribution is -1.82. The van der Waals surface area contributed by atoms with Crippen molar-refractivity contribution < 1.29 is 4.74 Å². The highest BCUT2D eigenvalue weighted by molar-refractivity contribution is 7.26. The van der Waals surface area contributed by atoms with Gasteiger partial charge >= 0.3 is 0 Å². The molecule has 0 radical (unpaired) electrons. The van der Waals surface area contributed by atoms with E-state index in [9.17, 15) is 0 Å². The molecule has 0 N–H and O–H groups in total. The zero-order valence-electron chi connectivity index (χ0n) is 10.5. The molecule has 1 heterocycles. The van der Waals surface area contributed by atoms with Crippen LogP contribution in [-0.2, 0) is 0 Å². The second-order valence-electron chi connectivity index (χ2n) is 4.63. The summed E-state index contributed by atoms with van der Waals surface area (Å²) in [7, 11) is 1.71. The summed E-state index contributed by atoms with van der Waals surface area (Å²) in [5.74, 6) is 0.910. The normalized spacial score (nSPS) is 11.4. The number of rotatable bonds is 1. The molecule has 1 aromatic heterocycles. The van der Waals surface area contributed by atoms with Gasteiger partial charge in [-0.15, -0.1) is 11.3 Å². The highest BCUT2D eigenvalue weighted by Crippen LogP contribution is 2.38. The minimum atomic E-state index is 0.910. The first-order valence-electron chi connectivity index (χ1n) is 6.25. The molecule has 0 aliphatic rings. The van der Waals surface area contributed by atoms with Crippen LogP contribution in [0.5, 0.6) is 5.75 Å². The predicted octanol–water partition coefficient (Wildman–Crippen LogP) is 5.22. The molecule has 0 atom stereocenters. The van der Waals surface area contributed by atoms with E-state index in [-0.39, 0.29) is 0 Å². The summed E-state index contributed by atoms with van der Waals surface area (Å²) < 4.78 is 8.01. The first-order valence-corrected chi connectivity index (χ1v) is 7.06. The van der Waals surface area contributed by atoms with E-state index in [1.807, 2.05) is 17.4 Å². The van der Waals surface area contributed by atoms with Crippen molar-refractivity contribution in [3.63, 3.8) is 0 Å². The molecule has 0 aliphatic carbocycles. The summed E-state index contributed by atoms with van der Waals surface area (Å²) in [6, 6.07) is 19.3. The van der Waals surface area contributed by atoms with Crippen LogP contribution in [-0.4, -0.2) is 7.11 Å². The van der Waals surface area contributed by atoms with E-state index in [0.29, 0.717) is 0 Å². The fraction of sp³-hybridized carbons (Fsp3) is 0.0588. The van der Waals surface area contributed by atoms with Crippen molar-refractivity contribution in [2.45, 2.75) is 0 Å². The van der Waals surface area contributed by atoms with E-state index in [1.165, 1.54) is 30.9 Å². The number of hydrogen-bond donors (Lipinski definition) is 0. The first-order chi connectivity index (χ1) is 9.36. The molecule has 19 heavy (non-hydrogen) atoms. The van der Waals surface area contributed by atoms with Crippen LogP contribution in [0.1, 0.15) is 0 Å². The lowest BCUT2D eigenvalue weighted by molar-refractivity contribution is 0.415. The Balaban J connectivity index is 2.19. The average molecular weight is 264 g/mol. The number of fused-ring (bicyclic) bond motifs is 5. The van der Waals surface area contributed by atoms with Gasteiger partial charge in [0.1, 0.15) is 5.75 Å². The summed E-state index contributed by atoms with van der Waals surface area (Å²) in [4.78, 5) is 0. The quantitative estimate of drug-likeness (QED) is 0.458. The van der Waals surface area contributed by atoms with E-state index in [2.05, 4.69) is 48.5 Å². The molecule has 3 aromatic carbocycles. The lowest BCUT2D eigenvalue weighted by Gasteiger charge is -2.03. The van der Waals surface area contributed by atoms with Crippen molar-refractivity contribution in [3.05, 3.63) is 54.6 Å². The third-order valence-corrected chi connectivity index (χ3v) is 4.79. The van der Waals surface area contributed by atoms with Gasteiger partial charge in [0.25, 0.3) is 0 Å². The Labute approximate surface area is 115 Å². The van der Waals surface area contributed by atoms with Crippen LogP contribution >= 0.6 is 11.3 Å². The van der Waals surface area contributed by atoms with Crippen LogP contribution in [0.4, 0.5) is 0 Å². The molecule has 1 nitrogen and oxygen atoms in total. The van der Waals surface area contributed by atoms with Crippen molar-refractivity contribution in [2.75, 3.05) is 7.11 Å². The van der Waals surface area contributed by atoms with Crippen LogP contribution < -0.4 is 4.74 Å². The van der Waals surface area contributed by atoms with Crippen LogP contribution in [0, 0.1) is 0 Å². The number of ether oxygens (including phenoxy) is 1. The summed E-state index contributed by atoms with van der Waals surface area (Å²) in [6.07, 6.45) is 0. The Kier molecular flexibility index (Phi) is 2.26. The zero-order chi connectivity index (χ0) is 12.8. The van der Waals surface area contributed by atoms with Gasteiger partial charge in [0.15, 0.2) is 0 Å². The summed E-state index contributed by atoms with van der Waals surface area (Å²) in [5, 5.41) is 5.23. The third kappa shape index (κ3) is 1.53. The number of hydrogen-bond acceptors (Lipinski definition) is 2. The molecule has 0 unspecified atom stereocenters. The maximum atomic E-state index is 5.30. The molecule has 0 saturated heterocycles. The summed E-state index contributed by atoms with van der Waals surface area (Å²) in [5.41, 5.74) is 0. The van der Waals surface area contributed by atoms with Crippen LogP contribution in [0.25, 0.3) is 30.9 Å². The molecule has 0 bridgehead atoms. The number of benzene rings is 3. The van der Waals surface area contributed by atoms with Crippen molar-refractivity contribution >= 4 is 42.3 Å². The van der Waals surface area contributed by atoms with Crippen LogP contribution in [0.3, 0.4) is 0 Å². The summed E-state index contributed by atoms with van der Waals surface area (Å²) >= 11 is 1.86. The molecular formula is C17H12OS. The van der Waals surface area contributed by atoms with E-state index in [0.717, 1.165) is 5.75 Å². The Bertz CT molecular complexity index is 905. The minimum Gasteiger partial charge on any atom is -0.497 e. The maximum absolute atomic E-state index is 5.30. The third-order valence-electron chi connectivity index (χ3n) is 3.57. The Morgan fingerprint density at radius 1 is 0.842 bits per heavy atom. The van der Waals surface area contributed by atoms with Crippen LogP contribution in [0.15, 0.2) is 54.6 Å². The van der Waals surface area contributed by atoms with Gasteiger partial charge in [-0.1, -0.05) is 30.3 Å². The fourth-order valence-corrected chi connectivity index (χ4v) is 3.85. The Morgan fingerprint density at radius 2 is 1.68 bits per heavy atom. The molecule has 4 rings (SSSR count). The van der Waals surface area contributed by atoms with E-state index >= 15 is 0 Å². The maximum Gasteiger partial charge on any atom is 0.119 e. The topological polar surface area (TPSA) is 9.23 Å². The average Bonchev–Trinajstić information content (AvgIpc) is 2.85. The van der Waals surface area contributed by atoms with Gasteiger partial charge in [0, 0.05) is 20.2 Å². The van der Waals surface area contributed by atoms with Crippen molar-refractivity contribution in [1.29, 1.82) is 0 Å². The predicted molar refractivity (Wildman–Crippen MR) is 83.4 cm³/mol.